The van der Waals surface area contributed by atoms with Crippen LogP contribution < -0.4 is 11.1 Å². The Morgan fingerprint density at radius 3 is 2.76 bits per heavy atom. The molecule has 3 N–H and O–H groups in total. The topological polar surface area (TPSA) is 68.0 Å². The maximum atomic E-state index is 11.8. The summed E-state index contributed by atoms with van der Waals surface area (Å²) in [5, 5.41) is 4.08. The molecule has 0 unspecified atom stereocenters. The molecule has 4 heteroatoms. The first-order chi connectivity index (χ1) is 10.3. The molecule has 2 aromatic rings. The molecule has 0 bridgehead atoms. The number of carbonyl (C=O) groups excluding carboxylic acids is 1. The van der Waals surface area contributed by atoms with Crippen LogP contribution in [0.2, 0.25) is 0 Å². The summed E-state index contributed by atoms with van der Waals surface area (Å²) in [4.78, 5) is 16.2. The van der Waals surface area contributed by atoms with Crippen LogP contribution in [-0.2, 0) is 11.3 Å². The van der Waals surface area contributed by atoms with Gasteiger partial charge in [-0.25, -0.2) is 0 Å². The fourth-order valence-corrected chi connectivity index (χ4v) is 2.38. The summed E-state index contributed by atoms with van der Waals surface area (Å²) in [5.41, 5.74) is 7.46. The molecule has 2 rings (SSSR count). The molecule has 0 saturated carbocycles. The molecule has 1 aromatic heterocycles. The first-order valence-corrected chi connectivity index (χ1v) is 7.60. The minimum absolute atomic E-state index is 0.107. The van der Waals surface area contributed by atoms with Crippen molar-refractivity contribution in [2.45, 2.75) is 38.6 Å². The second kappa shape index (κ2) is 8.37. The quantitative estimate of drug-likeness (QED) is 0.733. The van der Waals surface area contributed by atoms with Crippen molar-refractivity contribution in [2.24, 2.45) is 5.73 Å². The lowest BCUT2D eigenvalue weighted by molar-refractivity contribution is -0.121. The van der Waals surface area contributed by atoms with Gasteiger partial charge in [0, 0.05) is 24.5 Å². The highest BCUT2D eigenvalue weighted by Crippen LogP contribution is 2.15. The van der Waals surface area contributed by atoms with Crippen LogP contribution in [0.5, 0.6) is 0 Å². The summed E-state index contributed by atoms with van der Waals surface area (Å²) in [6.45, 7) is 1.27. The van der Waals surface area contributed by atoms with Gasteiger partial charge in [0.15, 0.2) is 0 Å². The van der Waals surface area contributed by atoms with E-state index >= 15 is 0 Å². The highest BCUT2D eigenvalue weighted by Gasteiger charge is 2.04. The van der Waals surface area contributed by atoms with Crippen molar-refractivity contribution in [2.75, 3.05) is 6.54 Å². The number of aromatic nitrogens is 1. The van der Waals surface area contributed by atoms with Crippen molar-refractivity contribution in [3.8, 4) is 0 Å². The minimum Gasteiger partial charge on any atom is -0.352 e. The first-order valence-electron chi connectivity index (χ1n) is 7.60. The van der Waals surface area contributed by atoms with E-state index in [1.165, 1.54) is 0 Å². The van der Waals surface area contributed by atoms with E-state index in [0.717, 1.165) is 48.7 Å². The molecule has 0 radical (unpaired) electrons. The second-order valence-electron chi connectivity index (χ2n) is 5.22. The van der Waals surface area contributed by atoms with Crippen molar-refractivity contribution < 1.29 is 4.79 Å². The highest BCUT2D eigenvalue weighted by molar-refractivity contribution is 5.82. The molecule has 21 heavy (non-hydrogen) atoms. The molecule has 0 aliphatic heterocycles. The van der Waals surface area contributed by atoms with Crippen molar-refractivity contribution in [1.29, 1.82) is 0 Å². The predicted molar refractivity (Wildman–Crippen MR) is 85.7 cm³/mol. The Bertz CT molecular complexity index is 578. The number of benzene rings is 1. The Morgan fingerprint density at radius 1 is 1.10 bits per heavy atom. The zero-order valence-corrected chi connectivity index (χ0v) is 12.3. The van der Waals surface area contributed by atoms with Crippen LogP contribution in [0.4, 0.5) is 0 Å². The molecule has 0 aliphatic rings. The summed E-state index contributed by atoms with van der Waals surface area (Å²) in [6.07, 6.45) is 6.52. The summed E-state index contributed by atoms with van der Waals surface area (Å²) in [7, 11) is 0. The fourth-order valence-electron chi connectivity index (χ4n) is 2.38. The third-order valence-corrected chi connectivity index (χ3v) is 3.55. The normalized spacial score (nSPS) is 10.7. The SMILES string of the molecule is NCCCCCCC(=O)NCc1cccc2cccnc12. The molecule has 0 saturated heterocycles. The lowest BCUT2D eigenvalue weighted by atomic mass is 10.1. The van der Waals surface area contributed by atoms with Crippen molar-refractivity contribution in [1.82, 2.24) is 10.3 Å². The molecular weight excluding hydrogens is 262 g/mol. The molecule has 0 fully saturated rings. The largest absolute Gasteiger partial charge is 0.352 e. The fraction of sp³-hybridized carbons (Fsp3) is 0.412. The van der Waals surface area contributed by atoms with E-state index < -0.39 is 0 Å². The number of rotatable bonds is 8. The van der Waals surface area contributed by atoms with E-state index in [9.17, 15) is 4.79 Å². The van der Waals surface area contributed by atoms with Crippen LogP contribution in [0.1, 0.15) is 37.7 Å². The minimum atomic E-state index is 0.107. The number of amides is 1. The van der Waals surface area contributed by atoms with Crippen molar-refractivity contribution in [3.05, 3.63) is 42.1 Å². The molecule has 0 spiro atoms. The average molecular weight is 285 g/mol. The van der Waals surface area contributed by atoms with Crippen LogP contribution in [-0.4, -0.2) is 17.4 Å². The Labute approximate surface area is 125 Å². The van der Waals surface area contributed by atoms with Gasteiger partial charge in [0.05, 0.1) is 5.52 Å². The predicted octanol–water partition coefficient (Wildman–Crippen LogP) is 2.76. The third-order valence-electron chi connectivity index (χ3n) is 3.55. The van der Waals surface area contributed by atoms with E-state index in [-0.39, 0.29) is 5.91 Å². The first kappa shape index (κ1) is 15.4. The number of pyridine rings is 1. The number of hydrogen-bond donors (Lipinski definition) is 2. The summed E-state index contributed by atoms with van der Waals surface area (Å²) in [5.74, 6) is 0.107. The molecule has 0 atom stereocenters. The van der Waals surface area contributed by atoms with Crippen LogP contribution in [0.15, 0.2) is 36.5 Å². The van der Waals surface area contributed by atoms with Gasteiger partial charge in [-0.05, 0) is 31.0 Å². The maximum Gasteiger partial charge on any atom is 0.220 e. The Hall–Kier alpha value is -1.94. The van der Waals surface area contributed by atoms with Crippen LogP contribution in [0, 0.1) is 0 Å². The smallest absolute Gasteiger partial charge is 0.220 e. The Morgan fingerprint density at radius 2 is 1.90 bits per heavy atom. The number of para-hydroxylation sites is 1. The summed E-state index contributed by atoms with van der Waals surface area (Å²) < 4.78 is 0. The van der Waals surface area contributed by atoms with Gasteiger partial charge in [0.2, 0.25) is 5.91 Å². The lowest BCUT2D eigenvalue weighted by Crippen LogP contribution is -2.22. The second-order valence-corrected chi connectivity index (χ2v) is 5.22. The van der Waals surface area contributed by atoms with Crippen molar-refractivity contribution in [3.63, 3.8) is 0 Å². The number of hydrogen-bond acceptors (Lipinski definition) is 3. The number of carbonyl (C=O) groups is 1. The van der Waals surface area contributed by atoms with E-state index in [1.807, 2.05) is 30.3 Å². The third kappa shape index (κ3) is 4.83. The molecular formula is C17H23N3O. The maximum absolute atomic E-state index is 11.8. The monoisotopic (exact) mass is 285 g/mol. The van der Waals surface area contributed by atoms with Crippen LogP contribution in [0.3, 0.4) is 0 Å². The van der Waals surface area contributed by atoms with Crippen LogP contribution >= 0.6 is 0 Å². The molecule has 1 heterocycles. The number of nitrogens with zero attached hydrogens (tertiary/aromatic N) is 1. The molecule has 4 nitrogen and oxygen atoms in total. The van der Waals surface area contributed by atoms with Gasteiger partial charge in [-0.2, -0.15) is 0 Å². The van der Waals surface area contributed by atoms with Crippen LogP contribution in [0.25, 0.3) is 10.9 Å². The molecule has 112 valence electrons. The number of nitrogens with two attached hydrogens (primary N) is 1. The van der Waals surface area contributed by atoms with E-state index in [2.05, 4.69) is 10.3 Å². The number of unbranched alkanes of at least 4 members (excludes halogenated alkanes) is 3. The van der Waals surface area contributed by atoms with Gasteiger partial charge in [0.25, 0.3) is 0 Å². The van der Waals surface area contributed by atoms with Crippen molar-refractivity contribution >= 4 is 16.8 Å². The van der Waals surface area contributed by atoms with Gasteiger partial charge in [-0.3, -0.25) is 9.78 Å². The highest BCUT2D eigenvalue weighted by atomic mass is 16.1. The standard InChI is InChI=1S/C17H23N3O/c18-11-4-2-1-3-10-16(21)20-13-15-8-5-7-14-9-6-12-19-17(14)15/h5-9,12H,1-4,10-11,13,18H2,(H,20,21). The van der Waals surface area contributed by atoms with Gasteiger partial charge in [0.1, 0.15) is 0 Å². The average Bonchev–Trinajstić information content (AvgIpc) is 2.52. The molecule has 1 amide bonds. The van der Waals surface area contributed by atoms with E-state index in [4.69, 9.17) is 5.73 Å². The zero-order valence-electron chi connectivity index (χ0n) is 12.3. The summed E-state index contributed by atoms with van der Waals surface area (Å²) in [6, 6.07) is 10.00. The van der Waals surface area contributed by atoms with Gasteiger partial charge in [-0.1, -0.05) is 37.1 Å². The van der Waals surface area contributed by atoms with E-state index in [1.54, 1.807) is 6.20 Å². The lowest BCUT2D eigenvalue weighted by Gasteiger charge is -2.08. The number of nitrogens with one attached hydrogen (secondary N) is 1. The Balaban J connectivity index is 1.80. The zero-order chi connectivity index (χ0) is 14.9. The number of fused-ring (bicyclic) bond motifs is 1. The van der Waals surface area contributed by atoms with E-state index in [0.29, 0.717) is 13.0 Å². The summed E-state index contributed by atoms with van der Waals surface area (Å²) >= 11 is 0. The van der Waals surface area contributed by atoms with Gasteiger partial charge in [-0.15, -0.1) is 0 Å². The molecule has 0 aliphatic carbocycles. The van der Waals surface area contributed by atoms with Gasteiger partial charge < -0.3 is 11.1 Å². The molecule has 1 aromatic carbocycles. The Kier molecular flexibility index (Phi) is 6.16. The van der Waals surface area contributed by atoms with Gasteiger partial charge >= 0.3 is 0 Å².